The minimum absolute atomic E-state index is 0.00231. The Morgan fingerprint density at radius 3 is 2.48 bits per heavy atom. The number of benzene rings is 1. The molecule has 0 aromatic heterocycles. The highest BCUT2D eigenvalue weighted by Crippen LogP contribution is 2.16. The van der Waals surface area contributed by atoms with E-state index in [1.165, 1.54) is 38.1 Å². The van der Waals surface area contributed by atoms with Crippen LogP contribution in [0, 0.1) is 0 Å². The number of hydrogen-bond acceptors (Lipinski definition) is 5. The average molecular weight is 399 g/mol. The Bertz CT molecular complexity index is 794. The lowest BCUT2D eigenvalue weighted by atomic mass is 10.1. The van der Waals surface area contributed by atoms with Crippen molar-refractivity contribution in [2.45, 2.75) is 33.2 Å². The van der Waals surface area contributed by atoms with Crippen LogP contribution in [0.25, 0.3) is 0 Å². The van der Waals surface area contributed by atoms with Gasteiger partial charge >= 0.3 is 5.97 Å². The zero-order valence-electron chi connectivity index (χ0n) is 15.6. The predicted octanol–water partition coefficient (Wildman–Crippen LogP) is 0.890. The maximum absolute atomic E-state index is 12.8. The first-order chi connectivity index (χ1) is 12.6. The molecule has 2 amide bonds. The van der Waals surface area contributed by atoms with Crippen molar-refractivity contribution in [3.05, 3.63) is 29.8 Å². The lowest BCUT2D eigenvalue weighted by Gasteiger charge is -2.27. The number of sulfonamides is 1. The van der Waals surface area contributed by atoms with Crippen LogP contribution in [0.1, 0.15) is 37.6 Å². The van der Waals surface area contributed by atoms with E-state index in [2.05, 4.69) is 10.0 Å². The average Bonchev–Trinajstić information content (AvgIpc) is 2.57. The minimum atomic E-state index is -3.52. The maximum Gasteiger partial charge on any atom is 0.326 e. The molecule has 1 unspecified atom stereocenters. The fourth-order valence-corrected chi connectivity index (χ4v) is 3.46. The molecule has 0 saturated carbocycles. The molecule has 10 heteroatoms. The number of carboxylic acids is 1. The summed E-state index contributed by atoms with van der Waals surface area (Å²) in [5.41, 5.74) is 0.363. The van der Waals surface area contributed by atoms with Gasteiger partial charge in [0.15, 0.2) is 0 Å². The molecular formula is C17H25N3O6S. The van der Waals surface area contributed by atoms with Gasteiger partial charge in [-0.25, -0.2) is 13.2 Å². The van der Waals surface area contributed by atoms with Crippen LogP contribution in [-0.2, 0) is 19.6 Å². The predicted molar refractivity (Wildman–Crippen MR) is 101 cm³/mol. The zero-order valence-corrected chi connectivity index (χ0v) is 16.4. The molecule has 0 saturated heterocycles. The van der Waals surface area contributed by atoms with Crippen molar-refractivity contribution >= 4 is 33.5 Å². The highest BCUT2D eigenvalue weighted by Gasteiger charge is 2.26. The molecule has 3 N–H and O–H groups in total. The molecule has 9 nitrogen and oxygen atoms in total. The smallest absolute Gasteiger partial charge is 0.326 e. The lowest BCUT2D eigenvalue weighted by Crippen LogP contribution is -2.46. The monoisotopic (exact) mass is 399 g/mol. The molecule has 0 fully saturated rings. The molecular weight excluding hydrogens is 374 g/mol. The Morgan fingerprint density at radius 2 is 1.93 bits per heavy atom. The molecule has 1 atom stereocenters. The van der Waals surface area contributed by atoms with Crippen LogP contribution >= 0.6 is 0 Å². The third-order valence-corrected chi connectivity index (χ3v) is 5.16. The van der Waals surface area contributed by atoms with Gasteiger partial charge in [0.1, 0.15) is 6.04 Å². The fraction of sp³-hybridized carbons (Fsp3) is 0.471. The summed E-state index contributed by atoms with van der Waals surface area (Å²) >= 11 is 0. The molecule has 1 aromatic carbocycles. The molecule has 0 aliphatic carbocycles. The Hall–Kier alpha value is -2.62. The van der Waals surface area contributed by atoms with Gasteiger partial charge in [0.05, 0.1) is 5.75 Å². The third-order valence-electron chi connectivity index (χ3n) is 3.67. The number of rotatable bonds is 10. The third kappa shape index (κ3) is 7.26. The number of anilines is 1. The van der Waals surface area contributed by atoms with Crippen LogP contribution in [0.15, 0.2) is 24.3 Å². The molecule has 0 radical (unpaired) electrons. The number of aliphatic carboxylic acids is 1. The summed E-state index contributed by atoms with van der Waals surface area (Å²) in [6.07, 6.45) is 0.445. The molecule has 0 aliphatic heterocycles. The summed E-state index contributed by atoms with van der Waals surface area (Å²) in [6, 6.07) is 4.72. The number of amides is 2. The number of carbonyl (C=O) groups is 3. The second kappa shape index (κ2) is 9.91. The van der Waals surface area contributed by atoms with Crippen LogP contribution in [-0.4, -0.2) is 61.1 Å². The zero-order chi connectivity index (χ0) is 20.6. The largest absolute Gasteiger partial charge is 0.480 e. The van der Waals surface area contributed by atoms with E-state index in [4.69, 9.17) is 0 Å². The normalized spacial score (nSPS) is 12.1. The van der Waals surface area contributed by atoms with E-state index in [1.54, 1.807) is 6.92 Å². The van der Waals surface area contributed by atoms with Crippen LogP contribution in [0.4, 0.5) is 5.69 Å². The highest BCUT2D eigenvalue weighted by atomic mass is 32.2. The van der Waals surface area contributed by atoms with Gasteiger partial charge in [0.2, 0.25) is 15.9 Å². The number of hydrogen-bond donors (Lipinski definition) is 3. The van der Waals surface area contributed by atoms with Crippen molar-refractivity contribution in [3.63, 3.8) is 0 Å². The van der Waals surface area contributed by atoms with Crippen LogP contribution < -0.4 is 10.0 Å². The van der Waals surface area contributed by atoms with E-state index in [0.29, 0.717) is 6.42 Å². The van der Waals surface area contributed by atoms with Crippen LogP contribution in [0.2, 0.25) is 0 Å². The van der Waals surface area contributed by atoms with E-state index in [9.17, 15) is 27.9 Å². The van der Waals surface area contributed by atoms with E-state index < -0.39 is 27.9 Å². The van der Waals surface area contributed by atoms with E-state index >= 15 is 0 Å². The van der Waals surface area contributed by atoms with Crippen molar-refractivity contribution in [2.75, 3.05) is 23.6 Å². The summed E-state index contributed by atoms with van der Waals surface area (Å²) in [7, 11) is -3.52. The molecule has 0 aliphatic rings. The van der Waals surface area contributed by atoms with E-state index in [0.717, 1.165) is 4.90 Å². The Kier molecular flexibility index (Phi) is 8.23. The minimum Gasteiger partial charge on any atom is -0.480 e. The Morgan fingerprint density at radius 1 is 1.26 bits per heavy atom. The SMILES string of the molecule is CCCS(=O)(=O)Nc1cccc(C(=O)N(CCNC(C)=O)C(C)C(=O)O)c1. The van der Waals surface area contributed by atoms with Gasteiger partial charge in [-0.3, -0.25) is 14.3 Å². The molecule has 0 spiro atoms. The molecule has 27 heavy (non-hydrogen) atoms. The van der Waals surface area contributed by atoms with Crippen molar-refractivity contribution < 1.29 is 27.9 Å². The highest BCUT2D eigenvalue weighted by molar-refractivity contribution is 7.92. The summed E-state index contributed by atoms with van der Waals surface area (Å²) in [6.45, 7) is 4.51. The van der Waals surface area contributed by atoms with E-state index in [1.807, 2.05) is 0 Å². The first-order valence-electron chi connectivity index (χ1n) is 8.46. The fourth-order valence-electron chi connectivity index (χ4n) is 2.34. The van der Waals surface area contributed by atoms with Crippen molar-refractivity contribution in [3.8, 4) is 0 Å². The summed E-state index contributed by atoms with van der Waals surface area (Å²) < 4.78 is 26.2. The number of carbonyl (C=O) groups excluding carboxylic acids is 2. The molecule has 1 rings (SSSR count). The summed E-state index contributed by atoms with van der Waals surface area (Å²) in [5.74, 6) is -2.11. The first-order valence-corrected chi connectivity index (χ1v) is 10.1. The van der Waals surface area contributed by atoms with Crippen molar-refractivity contribution in [1.29, 1.82) is 0 Å². The Labute approximate surface area is 158 Å². The summed E-state index contributed by atoms with van der Waals surface area (Å²) in [4.78, 5) is 36.2. The molecule has 0 bridgehead atoms. The van der Waals surface area contributed by atoms with Gasteiger partial charge < -0.3 is 15.3 Å². The quantitative estimate of drug-likeness (QED) is 0.535. The van der Waals surface area contributed by atoms with Gasteiger partial charge in [-0.1, -0.05) is 13.0 Å². The van der Waals surface area contributed by atoms with Gasteiger partial charge in [0.25, 0.3) is 5.91 Å². The maximum atomic E-state index is 12.8. The van der Waals surface area contributed by atoms with Gasteiger partial charge in [0, 0.05) is 31.3 Å². The second-order valence-corrected chi connectivity index (χ2v) is 7.84. The topological polar surface area (TPSA) is 133 Å². The lowest BCUT2D eigenvalue weighted by molar-refractivity contribution is -0.141. The van der Waals surface area contributed by atoms with Gasteiger partial charge in [-0.2, -0.15) is 0 Å². The second-order valence-electron chi connectivity index (χ2n) is 6.00. The van der Waals surface area contributed by atoms with Crippen LogP contribution in [0.3, 0.4) is 0 Å². The first kappa shape index (κ1) is 22.4. The van der Waals surface area contributed by atoms with Crippen molar-refractivity contribution in [2.24, 2.45) is 0 Å². The number of carboxylic acid groups (broad SMARTS) is 1. The standard InChI is InChI=1S/C17H25N3O6S/c1-4-10-27(25,26)19-15-7-5-6-14(11-15)16(22)20(12(2)17(23)24)9-8-18-13(3)21/h5-7,11-12,19H,4,8-10H2,1-3H3,(H,18,21)(H,23,24). The van der Waals surface area contributed by atoms with E-state index in [-0.39, 0.29) is 36.0 Å². The summed E-state index contributed by atoms with van der Waals surface area (Å²) in [5, 5.41) is 11.8. The number of nitrogens with zero attached hydrogens (tertiary/aromatic N) is 1. The van der Waals surface area contributed by atoms with Crippen molar-refractivity contribution in [1.82, 2.24) is 10.2 Å². The van der Waals surface area contributed by atoms with Gasteiger partial charge in [-0.05, 0) is 31.5 Å². The van der Waals surface area contributed by atoms with Gasteiger partial charge in [-0.15, -0.1) is 0 Å². The number of nitrogens with one attached hydrogen (secondary N) is 2. The molecule has 0 heterocycles. The van der Waals surface area contributed by atoms with Crippen LogP contribution in [0.5, 0.6) is 0 Å². The molecule has 150 valence electrons. The molecule has 1 aromatic rings. The Balaban J connectivity index is 3.05.